The molecule has 3 heteroatoms. The van der Waals surface area contributed by atoms with Gasteiger partial charge in [0.15, 0.2) is 0 Å². The summed E-state index contributed by atoms with van der Waals surface area (Å²) in [5.74, 6) is 0.393. The number of nitrogens with one attached hydrogen (secondary N) is 1. The average Bonchev–Trinajstić information content (AvgIpc) is 2.33. The standard InChI is InChI=1S/C13H19NO2/c15-13-6-2-1-4-11(13)7-8-14-12-5-3-9-16-10-12/h1-2,4,6,12,14-15H,3,5,7-10H2. The summed E-state index contributed by atoms with van der Waals surface area (Å²) in [7, 11) is 0. The molecule has 0 saturated carbocycles. The van der Waals surface area contributed by atoms with Crippen molar-refractivity contribution in [2.75, 3.05) is 19.8 Å². The first-order valence-electron chi connectivity index (χ1n) is 5.94. The average molecular weight is 221 g/mol. The van der Waals surface area contributed by atoms with E-state index in [4.69, 9.17) is 4.74 Å². The van der Waals surface area contributed by atoms with Crippen LogP contribution < -0.4 is 5.32 Å². The van der Waals surface area contributed by atoms with Crippen LogP contribution >= 0.6 is 0 Å². The number of para-hydroxylation sites is 1. The highest BCUT2D eigenvalue weighted by atomic mass is 16.5. The van der Waals surface area contributed by atoms with Crippen LogP contribution in [0, 0.1) is 0 Å². The maximum absolute atomic E-state index is 9.60. The predicted molar refractivity (Wildman–Crippen MR) is 63.7 cm³/mol. The Morgan fingerprint density at radius 3 is 3.00 bits per heavy atom. The van der Waals surface area contributed by atoms with Gasteiger partial charge in [-0.05, 0) is 37.4 Å². The van der Waals surface area contributed by atoms with Gasteiger partial charge in [-0.3, -0.25) is 0 Å². The van der Waals surface area contributed by atoms with Crippen molar-refractivity contribution in [2.45, 2.75) is 25.3 Å². The van der Waals surface area contributed by atoms with Crippen LogP contribution in [0.5, 0.6) is 5.75 Å². The Morgan fingerprint density at radius 2 is 2.25 bits per heavy atom. The number of rotatable bonds is 4. The smallest absolute Gasteiger partial charge is 0.118 e. The monoisotopic (exact) mass is 221 g/mol. The summed E-state index contributed by atoms with van der Waals surface area (Å²) in [5, 5.41) is 13.1. The molecule has 1 heterocycles. The van der Waals surface area contributed by atoms with Crippen molar-refractivity contribution in [3.63, 3.8) is 0 Å². The van der Waals surface area contributed by atoms with E-state index in [0.717, 1.165) is 38.2 Å². The van der Waals surface area contributed by atoms with Crippen LogP contribution in [0.1, 0.15) is 18.4 Å². The van der Waals surface area contributed by atoms with E-state index in [0.29, 0.717) is 11.8 Å². The molecule has 1 saturated heterocycles. The van der Waals surface area contributed by atoms with E-state index in [1.54, 1.807) is 6.07 Å². The molecule has 2 N–H and O–H groups in total. The van der Waals surface area contributed by atoms with Gasteiger partial charge >= 0.3 is 0 Å². The summed E-state index contributed by atoms with van der Waals surface area (Å²) < 4.78 is 5.40. The Balaban J connectivity index is 1.73. The molecule has 0 bridgehead atoms. The molecule has 1 aromatic rings. The van der Waals surface area contributed by atoms with E-state index in [1.165, 1.54) is 6.42 Å². The molecule has 3 nitrogen and oxygen atoms in total. The molecular formula is C13H19NO2. The summed E-state index contributed by atoms with van der Waals surface area (Å²) in [6, 6.07) is 7.99. The van der Waals surface area contributed by atoms with Crippen LogP contribution in [0.15, 0.2) is 24.3 Å². The number of aromatic hydroxyl groups is 1. The highest BCUT2D eigenvalue weighted by molar-refractivity contribution is 5.31. The lowest BCUT2D eigenvalue weighted by Crippen LogP contribution is -2.37. The molecule has 0 amide bonds. The molecule has 1 atom stereocenters. The Labute approximate surface area is 96.4 Å². The molecule has 88 valence electrons. The molecule has 0 spiro atoms. The minimum absolute atomic E-state index is 0.393. The third kappa shape index (κ3) is 3.22. The second kappa shape index (κ2) is 5.87. The fourth-order valence-electron chi connectivity index (χ4n) is 2.03. The van der Waals surface area contributed by atoms with E-state index in [1.807, 2.05) is 18.2 Å². The van der Waals surface area contributed by atoms with E-state index < -0.39 is 0 Å². The van der Waals surface area contributed by atoms with Gasteiger partial charge in [-0.15, -0.1) is 0 Å². The number of phenols is 1. The highest BCUT2D eigenvalue weighted by Crippen LogP contribution is 2.15. The Kier molecular flexibility index (Phi) is 4.19. The molecule has 1 aromatic carbocycles. The van der Waals surface area contributed by atoms with Gasteiger partial charge in [-0.2, -0.15) is 0 Å². The largest absolute Gasteiger partial charge is 0.508 e. The van der Waals surface area contributed by atoms with Gasteiger partial charge in [0.25, 0.3) is 0 Å². The van der Waals surface area contributed by atoms with Crippen molar-refractivity contribution < 1.29 is 9.84 Å². The van der Waals surface area contributed by atoms with E-state index in [2.05, 4.69) is 5.32 Å². The first-order chi connectivity index (χ1) is 7.86. The summed E-state index contributed by atoms with van der Waals surface area (Å²) in [4.78, 5) is 0. The lowest BCUT2D eigenvalue weighted by molar-refractivity contribution is 0.0707. The summed E-state index contributed by atoms with van der Waals surface area (Å²) in [6.45, 7) is 2.62. The fourth-order valence-corrected chi connectivity index (χ4v) is 2.03. The number of ether oxygens (including phenoxy) is 1. The van der Waals surface area contributed by atoms with Gasteiger partial charge < -0.3 is 15.2 Å². The second-order valence-electron chi connectivity index (χ2n) is 4.25. The van der Waals surface area contributed by atoms with Crippen molar-refractivity contribution in [3.05, 3.63) is 29.8 Å². The summed E-state index contributed by atoms with van der Waals surface area (Å²) >= 11 is 0. The number of hydrogen-bond donors (Lipinski definition) is 2. The van der Waals surface area contributed by atoms with Crippen molar-refractivity contribution in [3.8, 4) is 5.75 Å². The lowest BCUT2D eigenvalue weighted by Gasteiger charge is -2.23. The zero-order valence-electron chi connectivity index (χ0n) is 9.48. The van der Waals surface area contributed by atoms with Crippen LogP contribution in [0.3, 0.4) is 0 Å². The van der Waals surface area contributed by atoms with Crippen molar-refractivity contribution in [1.82, 2.24) is 5.32 Å². The molecule has 0 aliphatic carbocycles. The van der Waals surface area contributed by atoms with Crippen LogP contribution in [0.2, 0.25) is 0 Å². The van der Waals surface area contributed by atoms with Gasteiger partial charge in [0.2, 0.25) is 0 Å². The van der Waals surface area contributed by atoms with Gasteiger partial charge in [0, 0.05) is 12.6 Å². The topological polar surface area (TPSA) is 41.5 Å². The van der Waals surface area contributed by atoms with E-state index in [9.17, 15) is 5.11 Å². The maximum atomic E-state index is 9.60. The van der Waals surface area contributed by atoms with Crippen molar-refractivity contribution in [2.24, 2.45) is 0 Å². The molecule has 16 heavy (non-hydrogen) atoms. The predicted octanol–water partition coefficient (Wildman–Crippen LogP) is 1.70. The third-order valence-electron chi connectivity index (χ3n) is 2.98. The summed E-state index contributed by atoms with van der Waals surface area (Å²) in [5.41, 5.74) is 1.01. The molecule has 0 radical (unpaired) electrons. The Bertz CT molecular complexity index is 321. The van der Waals surface area contributed by atoms with E-state index in [-0.39, 0.29) is 0 Å². The zero-order chi connectivity index (χ0) is 11.2. The van der Waals surface area contributed by atoms with Crippen LogP contribution in [0.4, 0.5) is 0 Å². The molecule has 2 rings (SSSR count). The third-order valence-corrected chi connectivity index (χ3v) is 2.98. The number of hydrogen-bond acceptors (Lipinski definition) is 3. The summed E-state index contributed by atoms with van der Waals surface area (Å²) in [6.07, 6.45) is 3.21. The minimum atomic E-state index is 0.393. The van der Waals surface area contributed by atoms with Gasteiger partial charge in [0.1, 0.15) is 5.75 Å². The van der Waals surface area contributed by atoms with Crippen LogP contribution in [-0.4, -0.2) is 30.9 Å². The second-order valence-corrected chi connectivity index (χ2v) is 4.25. The minimum Gasteiger partial charge on any atom is -0.508 e. The van der Waals surface area contributed by atoms with Gasteiger partial charge in [-0.25, -0.2) is 0 Å². The van der Waals surface area contributed by atoms with Crippen LogP contribution in [-0.2, 0) is 11.2 Å². The highest BCUT2D eigenvalue weighted by Gasteiger charge is 2.12. The molecule has 1 fully saturated rings. The molecule has 1 unspecified atom stereocenters. The zero-order valence-corrected chi connectivity index (χ0v) is 9.48. The number of benzene rings is 1. The van der Waals surface area contributed by atoms with Gasteiger partial charge in [0.05, 0.1) is 6.61 Å². The van der Waals surface area contributed by atoms with Gasteiger partial charge in [-0.1, -0.05) is 18.2 Å². The van der Waals surface area contributed by atoms with Crippen LogP contribution in [0.25, 0.3) is 0 Å². The normalized spacial score (nSPS) is 20.9. The maximum Gasteiger partial charge on any atom is 0.118 e. The van der Waals surface area contributed by atoms with E-state index >= 15 is 0 Å². The first-order valence-corrected chi connectivity index (χ1v) is 5.94. The quantitative estimate of drug-likeness (QED) is 0.813. The number of phenolic OH excluding ortho intramolecular Hbond substituents is 1. The van der Waals surface area contributed by atoms with Crippen molar-refractivity contribution >= 4 is 0 Å². The Morgan fingerprint density at radius 1 is 1.38 bits per heavy atom. The molecule has 0 aromatic heterocycles. The Hall–Kier alpha value is -1.06. The lowest BCUT2D eigenvalue weighted by atomic mass is 10.1. The first kappa shape index (κ1) is 11.4. The molecule has 1 aliphatic heterocycles. The van der Waals surface area contributed by atoms with Crippen molar-refractivity contribution in [1.29, 1.82) is 0 Å². The fraction of sp³-hybridized carbons (Fsp3) is 0.538. The molecular weight excluding hydrogens is 202 g/mol. The SMILES string of the molecule is Oc1ccccc1CCNC1CCCOC1. The molecule has 1 aliphatic rings.